The molecule has 7 heteroatoms. The first-order chi connectivity index (χ1) is 11.1. The van der Waals surface area contributed by atoms with Crippen LogP contribution in [0.2, 0.25) is 5.02 Å². The lowest BCUT2D eigenvalue weighted by Gasteiger charge is -2.07. The van der Waals surface area contributed by atoms with E-state index in [1.807, 2.05) is 19.1 Å². The second-order valence-electron chi connectivity index (χ2n) is 4.89. The third kappa shape index (κ3) is 3.89. The predicted molar refractivity (Wildman–Crippen MR) is 87.0 cm³/mol. The minimum absolute atomic E-state index is 0.119. The summed E-state index contributed by atoms with van der Waals surface area (Å²) in [7, 11) is 0. The molecule has 0 N–H and O–H groups in total. The molecule has 0 saturated heterocycles. The molecular formula is C16H13ClFN3OS. The summed E-state index contributed by atoms with van der Waals surface area (Å²) in [5.41, 5.74) is 1.42. The van der Waals surface area contributed by atoms with Gasteiger partial charge in [-0.25, -0.2) is 4.39 Å². The van der Waals surface area contributed by atoms with Gasteiger partial charge in [0.25, 0.3) is 5.22 Å². The van der Waals surface area contributed by atoms with E-state index in [0.29, 0.717) is 21.7 Å². The lowest BCUT2D eigenvalue weighted by atomic mass is 10.1. The topological polar surface area (TPSA) is 51.8 Å². The summed E-state index contributed by atoms with van der Waals surface area (Å²) in [5, 5.41) is 8.86. The third-order valence-electron chi connectivity index (χ3n) is 3.27. The van der Waals surface area contributed by atoms with Crippen molar-refractivity contribution >= 4 is 23.4 Å². The SMILES string of the molecule is C[C@@H](Sc1nnc(Cc2c(F)cccc2Cl)o1)c1cccnc1. The van der Waals surface area contributed by atoms with E-state index >= 15 is 0 Å². The Kier molecular flexibility index (Phi) is 4.93. The van der Waals surface area contributed by atoms with Gasteiger partial charge in [0.15, 0.2) is 0 Å². The van der Waals surface area contributed by atoms with Crippen molar-refractivity contribution in [2.45, 2.75) is 23.8 Å². The van der Waals surface area contributed by atoms with Gasteiger partial charge in [0.2, 0.25) is 5.89 Å². The number of benzene rings is 1. The van der Waals surface area contributed by atoms with Crippen molar-refractivity contribution in [3.8, 4) is 0 Å². The molecule has 0 saturated carbocycles. The van der Waals surface area contributed by atoms with E-state index in [0.717, 1.165) is 5.56 Å². The predicted octanol–water partition coefficient (Wildman–Crippen LogP) is 4.70. The molecule has 0 spiro atoms. The van der Waals surface area contributed by atoms with Gasteiger partial charge in [-0.2, -0.15) is 0 Å². The molecule has 0 unspecified atom stereocenters. The molecular weight excluding hydrogens is 337 g/mol. The van der Waals surface area contributed by atoms with Crippen LogP contribution in [-0.2, 0) is 6.42 Å². The van der Waals surface area contributed by atoms with Crippen LogP contribution >= 0.6 is 23.4 Å². The highest BCUT2D eigenvalue weighted by Gasteiger charge is 2.16. The molecule has 2 aromatic heterocycles. The molecule has 0 aliphatic rings. The molecule has 0 aliphatic carbocycles. The molecule has 0 amide bonds. The van der Waals surface area contributed by atoms with Gasteiger partial charge < -0.3 is 4.42 Å². The molecule has 3 rings (SSSR count). The fourth-order valence-corrected chi connectivity index (χ4v) is 3.09. The van der Waals surface area contributed by atoms with Gasteiger partial charge in [0.1, 0.15) is 5.82 Å². The fraction of sp³-hybridized carbons (Fsp3) is 0.188. The van der Waals surface area contributed by atoms with Gasteiger partial charge in [-0.3, -0.25) is 4.98 Å². The van der Waals surface area contributed by atoms with Crippen molar-refractivity contribution in [1.82, 2.24) is 15.2 Å². The molecule has 23 heavy (non-hydrogen) atoms. The van der Waals surface area contributed by atoms with Gasteiger partial charge >= 0.3 is 0 Å². The molecule has 118 valence electrons. The first-order valence-corrected chi connectivity index (χ1v) is 8.21. The Morgan fingerprint density at radius 3 is 2.87 bits per heavy atom. The van der Waals surface area contributed by atoms with Crippen molar-refractivity contribution in [3.05, 3.63) is 70.6 Å². The largest absolute Gasteiger partial charge is 0.416 e. The van der Waals surface area contributed by atoms with Crippen LogP contribution in [0.15, 0.2) is 52.4 Å². The molecule has 3 aromatic rings. The van der Waals surface area contributed by atoms with Gasteiger partial charge in [-0.15, -0.1) is 10.2 Å². The van der Waals surface area contributed by atoms with Gasteiger partial charge in [0, 0.05) is 28.2 Å². The Morgan fingerprint density at radius 2 is 2.13 bits per heavy atom. The molecule has 0 aliphatic heterocycles. The molecule has 0 fully saturated rings. The van der Waals surface area contributed by atoms with E-state index in [1.165, 1.54) is 17.8 Å². The average molecular weight is 350 g/mol. The van der Waals surface area contributed by atoms with Gasteiger partial charge in [-0.05, 0) is 30.7 Å². The summed E-state index contributed by atoms with van der Waals surface area (Å²) in [6, 6.07) is 8.42. The Bertz CT molecular complexity index is 777. The molecule has 1 aromatic carbocycles. The minimum Gasteiger partial charge on any atom is -0.416 e. The summed E-state index contributed by atoms with van der Waals surface area (Å²) in [6.07, 6.45) is 3.69. The number of hydrogen-bond donors (Lipinski definition) is 0. The molecule has 1 atom stereocenters. The Labute approximate surface area is 142 Å². The van der Waals surface area contributed by atoms with Crippen LogP contribution in [0.3, 0.4) is 0 Å². The highest BCUT2D eigenvalue weighted by Crippen LogP contribution is 2.33. The van der Waals surface area contributed by atoms with Crippen molar-refractivity contribution in [2.24, 2.45) is 0 Å². The lowest BCUT2D eigenvalue weighted by molar-refractivity contribution is 0.417. The van der Waals surface area contributed by atoms with E-state index in [-0.39, 0.29) is 17.5 Å². The Morgan fingerprint density at radius 1 is 1.26 bits per heavy atom. The third-order valence-corrected chi connectivity index (χ3v) is 4.62. The number of aromatic nitrogens is 3. The van der Waals surface area contributed by atoms with Crippen LogP contribution in [0, 0.1) is 5.82 Å². The average Bonchev–Trinajstić information content (AvgIpc) is 2.99. The summed E-state index contributed by atoms with van der Waals surface area (Å²) in [4.78, 5) is 4.09. The van der Waals surface area contributed by atoms with Crippen LogP contribution in [0.4, 0.5) is 4.39 Å². The summed E-state index contributed by atoms with van der Waals surface area (Å²) >= 11 is 7.44. The molecule has 2 heterocycles. The van der Waals surface area contributed by atoms with Crippen LogP contribution < -0.4 is 0 Å². The highest BCUT2D eigenvalue weighted by atomic mass is 35.5. The first-order valence-electron chi connectivity index (χ1n) is 6.95. The standard InChI is InChI=1S/C16H13ClFN3OS/c1-10(11-4-3-7-19-9-11)23-16-21-20-15(22-16)8-12-13(17)5-2-6-14(12)18/h2-7,9-10H,8H2,1H3/t10-/m1/s1. The fourth-order valence-electron chi connectivity index (χ4n) is 2.05. The van der Waals surface area contributed by atoms with Crippen LogP contribution in [-0.4, -0.2) is 15.2 Å². The summed E-state index contributed by atoms with van der Waals surface area (Å²) in [5.74, 6) is -0.0495. The van der Waals surface area contributed by atoms with E-state index in [9.17, 15) is 4.39 Å². The van der Waals surface area contributed by atoms with Crippen molar-refractivity contribution in [3.63, 3.8) is 0 Å². The maximum absolute atomic E-state index is 13.8. The van der Waals surface area contributed by atoms with Crippen molar-refractivity contribution in [1.29, 1.82) is 0 Å². The lowest BCUT2D eigenvalue weighted by Crippen LogP contribution is -1.94. The maximum atomic E-state index is 13.8. The summed E-state index contributed by atoms with van der Waals surface area (Å²) in [6.45, 7) is 2.03. The zero-order chi connectivity index (χ0) is 16.2. The minimum atomic E-state index is -0.381. The zero-order valence-corrected chi connectivity index (χ0v) is 13.8. The summed E-state index contributed by atoms with van der Waals surface area (Å²) < 4.78 is 19.4. The van der Waals surface area contributed by atoms with E-state index in [4.69, 9.17) is 16.0 Å². The smallest absolute Gasteiger partial charge is 0.277 e. The number of nitrogens with zero attached hydrogens (tertiary/aromatic N) is 3. The number of halogens is 2. The van der Waals surface area contributed by atoms with Crippen LogP contribution in [0.25, 0.3) is 0 Å². The van der Waals surface area contributed by atoms with Gasteiger partial charge in [-0.1, -0.05) is 35.5 Å². The second kappa shape index (κ2) is 7.10. The number of pyridine rings is 1. The molecule has 0 radical (unpaired) electrons. The Balaban J connectivity index is 1.71. The van der Waals surface area contributed by atoms with Crippen LogP contribution in [0.1, 0.15) is 29.2 Å². The first kappa shape index (κ1) is 16.0. The molecule has 0 bridgehead atoms. The molecule has 4 nitrogen and oxygen atoms in total. The number of rotatable bonds is 5. The Hall–Kier alpha value is -1.92. The van der Waals surface area contributed by atoms with E-state index in [2.05, 4.69) is 15.2 Å². The normalized spacial score (nSPS) is 12.3. The number of hydrogen-bond acceptors (Lipinski definition) is 5. The zero-order valence-electron chi connectivity index (χ0n) is 12.2. The van der Waals surface area contributed by atoms with Crippen molar-refractivity contribution < 1.29 is 8.81 Å². The quantitative estimate of drug-likeness (QED) is 0.625. The van der Waals surface area contributed by atoms with Gasteiger partial charge in [0.05, 0.1) is 6.42 Å². The maximum Gasteiger partial charge on any atom is 0.277 e. The van der Waals surface area contributed by atoms with E-state index < -0.39 is 0 Å². The second-order valence-corrected chi connectivity index (χ2v) is 6.58. The monoisotopic (exact) mass is 349 g/mol. The highest BCUT2D eigenvalue weighted by molar-refractivity contribution is 7.99. The van der Waals surface area contributed by atoms with Crippen LogP contribution in [0.5, 0.6) is 0 Å². The number of thioether (sulfide) groups is 1. The van der Waals surface area contributed by atoms with Crippen molar-refractivity contribution in [2.75, 3.05) is 0 Å². The van der Waals surface area contributed by atoms with E-state index in [1.54, 1.807) is 24.5 Å².